The van der Waals surface area contributed by atoms with Gasteiger partial charge in [-0.25, -0.2) is 0 Å². The number of rotatable bonds is 2. The number of nitrogens with zero attached hydrogens (tertiary/aromatic N) is 1. The number of nitrogens with one attached hydrogen (secondary N) is 1. The Labute approximate surface area is 99.4 Å². The number of carbonyl (C=O) groups excluding carboxylic acids is 1. The van der Waals surface area contributed by atoms with Crippen LogP contribution in [0.3, 0.4) is 0 Å². The molecule has 1 atom stereocenters. The van der Waals surface area contributed by atoms with Gasteiger partial charge in [0.1, 0.15) is 6.04 Å². The fraction of sp³-hybridized carbons (Fsp3) is 0.364. The van der Waals surface area contributed by atoms with Gasteiger partial charge >= 0.3 is 0 Å². The molecule has 0 saturated carbocycles. The Hall–Kier alpha value is -1.26. The van der Waals surface area contributed by atoms with E-state index in [2.05, 4.69) is 5.32 Å². The number of amides is 1. The predicted octanol–water partition coefficient (Wildman–Crippen LogP) is 1.45. The van der Waals surface area contributed by atoms with Gasteiger partial charge in [-0.05, 0) is 25.1 Å². The van der Waals surface area contributed by atoms with Crippen LogP contribution >= 0.6 is 11.6 Å². The molecular formula is C11H14ClN3O. The highest BCUT2D eigenvalue weighted by Gasteiger charge is 2.30. The summed E-state index contributed by atoms with van der Waals surface area (Å²) in [6, 6.07) is 5.35. The summed E-state index contributed by atoms with van der Waals surface area (Å²) in [5.74, 6) is -0.0476. The summed E-state index contributed by atoms with van der Waals surface area (Å²) in [7, 11) is 1.88. The molecule has 3 N–H and O–H groups in total. The van der Waals surface area contributed by atoms with Gasteiger partial charge in [0.25, 0.3) is 0 Å². The maximum atomic E-state index is 11.8. The molecular weight excluding hydrogens is 226 g/mol. The van der Waals surface area contributed by atoms with E-state index in [1.807, 2.05) is 24.1 Å². The van der Waals surface area contributed by atoms with Gasteiger partial charge in [0.05, 0.1) is 16.4 Å². The molecule has 0 aliphatic carbocycles. The van der Waals surface area contributed by atoms with Crippen LogP contribution in [0.5, 0.6) is 0 Å². The molecule has 1 aliphatic heterocycles. The second-order valence-corrected chi connectivity index (χ2v) is 4.23. The minimum Gasteiger partial charge on any atom is -0.361 e. The highest BCUT2D eigenvalue weighted by molar-refractivity contribution is 6.35. The molecule has 4 nitrogen and oxygen atoms in total. The smallest absolute Gasteiger partial charge is 0.247 e. The predicted molar refractivity (Wildman–Crippen MR) is 65.9 cm³/mol. The van der Waals surface area contributed by atoms with Crippen LogP contribution in [0.1, 0.15) is 6.42 Å². The lowest BCUT2D eigenvalue weighted by molar-refractivity contribution is -0.117. The number of carbonyl (C=O) groups is 1. The van der Waals surface area contributed by atoms with Gasteiger partial charge in [0.15, 0.2) is 0 Å². The third-order valence-electron chi connectivity index (χ3n) is 2.83. The first kappa shape index (κ1) is 11.2. The number of hydrogen-bond donors (Lipinski definition) is 2. The summed E-state index contributed by atoms with van der Waals surface area (Å²) in [4.78, 5) is 13.8. The molecule has 0 spiro atoms. The van der Waals surface area contributed by atoms with Crippen LogP contribution in [-0.2, 0) is 4.79 Å². The molecule has 16 heavy (non-hydrogen) atoms. The van der Waals surface area contributed by atoms with Crippen LogP contribution in [-0.4, -0.2) is 25.5 Å². The highest BCUT2D eigenvalue weighted by Crippen LogP contribution is 2.36. The van der Waals surface area contributed by atoms with E-state index in [9.17, 15) is 4.79 Å². The lowest BCUT2D eigenvalue weighted by Crippen LogP contribution is -2.47. The molecule has 0 radical (unpaired) electrons. The van der Waals surface area contributed by atoms with E-state index in [-0.39, 0.29) is 11.9 Å². The summed E-state index contributed by atoms with van der Waals surface area (Å²) in [5, 5.41) is 3.38. The Morgan fingerprint density at radius 2 is 2.31 bits per heavy atom. The van der Waals surface area contributed by atoms with Crippen LogP contribution in [0.4, 0.5) is 11.4 Å². The van der Waals surface area contributed by atoms with Gasteiger partial charge in [0.2, 0.25) is 5.91 Å². The van der Waals surface area contributed by atoms with Crippen molar-refractivity contribution in [1.82, 2.24) is 0 Å². The molecule has 1 aromatic carbocycles. The van der Waals surface area contributed by atoms with Crippen LogP contribution in [0, 0.1) is 0 Å². The third-order valence-corrected chi connectivity index (χ3v) is 3.15. The highest BCUT2D eigenvalue weighted by atomic mass is 35.5. The van der Waals surface area contributed by atoms with Gasteiger partial charge in [-0.2, -0.15) is 0 Å². The summed E-state index contributed by atoms with van der Waals surface area (Å²) in [6.45, 7) is 0.484. The SMILES string of the molecule is CN1c2cccc(Cl)c2NC(=O)C1CCN. The second kappa shape index (κ2) is 4.31. The summed E-state index contributed by atoms with van der Waals surface area (Å²) >= 11 is 6.03. The molecule has 0 aromatic heterocycles. The average Bonchev–Trinajstić information content (AvgIpc) is 2.26. The number of nitrogens with two attached hydrogens (primary N) is 1. The minimum atomic E-state index is -0.212. The molecule has 86 valence electrons. The standard InChI is InChI=1S/C11H14ClN3O/c1-15-8-4-2-3-7(12)10(8)14-11(16)9(15)5-6-13/h2-4,9H,5-6,13H2,1H3,(H,14,16). The topological polar surface area (TPSA) is 58.4 Å². The zero-order valence-corrected chi connectivity index (χ0v) is 9.79. The zero-order valence-electron chi connectivity index (χ0n) is 9.03. The second-order valence-electron chi connectivity index (χ2n) is 3.83. The molecule has 0 fully saturated rings. The lowest BCUT2D eigenvalue weighted by Gasteiger charge is -2.35. The van der Waals surface area contributed by atoms with Gasteiger partial charge < -0.3 is 16.0 Å². The Bertz CT molecular complexity index is 422. The molecule has 2 rings (SSSR count). The molecule has 0 saturated heterocycles. The van der Waals surface area contributed by atoms with E-state index in [1.54, 1.807) is 6.07 Å². The number of benzene rings is 1. The summed E-state index contributed by atoms with van der Waals surface area (Å²) < 4.78 is 0. The van der Waals surface area contributed by atoms with E-state index >= 15 is 0 Å². The van der Waals surface area contributed by atoms with Crippen LogP contribution < -0.4 is 16.0 Å². The van der Waals surface area contributed by atoms with Crippen molar-refractivity contribution in [3.8, 4) is 0 Å². The fourth-order valence-electron chi connectivity index (χ4n) is 1.96. The Balaban J connectivity index is 2.41. The first-order chi connectivity index (χ1) is 7.65. The summed E-state index contributed by atoms with van der Waals surface area (Å²) in [6.07, 6.45) is 0.633. The van der Waals surface area contributed by atoms with Crippen LogP contribution in [0.15, 0.2) is 18.2 Å². The third kappa shape index (κ3) is 1.74. The Morgan fingerprint density at radius 1 is 1.56 bits per heavy atom. The van der Waals surface area contributed by atoms with E-state index in [1.165, 1.54) is 0 Å². The van der Waals surface area contributed by atoms with Crippen molar-refractivity contribution < 1.29 is 4.79 Å². The van der Waals surface area contributed by atoms with E-state index in [0.29, 0.717) is 23.7 Å². The van der Waals surface area contributed by atoms with Crippen LogP contribution in [0.2, 0.25) is 5.02 Å². The number of fused-ring (bicyclic) bond motifs is 1. The fourth-order valence-corrected chi connectivity index (χ4v) is 2.18. The zero-order chi connectivity index (χ0) is 11.7. The number of anilines is 2. The Kier molecular flexibility index (Phi) is 3.03. The molecule has 5 heteroatoms. The Morgan fingerprint density at radius 3 is 3.00 bits per heavy atom. The summed E-state index contributed by atoms with van der Waals surface area (Å²) in [5.41, 5.74) is 7.12. The van der Waals surface area contributed by atoms with Gasteiger partial charge in [-0.15, -0.1) is 0 Å². The van der Waals surface area contributed by atoms with Crippen molar-refractivity contribution in [1.29, 1.82) is 0 Å². The maximum Gasteiger partial charge on any atom is 0.247 e. The lowest BCUT2D eigenvalue weighted by atomic mass is 10.1. The molecule has 0 bridgehead atoms. The van der Waals surface area contributed by atoms with Crippen LogP contribution in [0.25, 0.3) is 0 Å². The molecule has 1 amide bonds. The van der Waals surface area contributed by atoms with Crippen molar-refractivity contribution in [2.75, 3.05) is 23.8 Å². The van der Waals surface area contributed by atoms with Crippen molar-refractivity contribution in [2.45, 2.75) is 12.5 Å². The normalized spacial score (nSPS) is 19.3. The number of para-hydroxylation sites is 1. The average molecular weight is 240 g/mol. The van der Waals surface area contributed by atoms with Crippen molar-refractivity contribution >= 4 is 28.9 Å². The van der Waals surface area contributed by atoms with E-state index in [4.69, 9.17) is 17.3 Å². The van der Waals surface area contributed by atoms with E-state index in [0.717, 1.165) is 5.69 Å². The first-order valence-electron chi connectivity index (χ1n) is 5.17. The maximum absolute atomic E-state index is 11.8. The molecule has 1 aromatic rings. The molecule has 1 heterocycles. The van der Waals surface area contributed by atoms with Gasteiger partial charge in [-0.3, -0.25) is 4.79 Å². The number of halogens is 1. The largest absolute Gasteiger partial charge is 0.361 e. The molecule has 1 aliphatic rings. The molecule has 1 unspecified atom stereocenters. The number of likely N-dealkylation sites (N-methyl/N-ethyl adjacent to an activating group) is 1. The van der Waals surface area contributed by atoms with E-state index < -0.39 is 0 Å². The van der Waals surface area contributed by atoms with Crippen molar-refractivity contribution in [3.63, 3.8) is 0 Å². The monoisotopic (exact) mass is 239 g/mol. The van der Waals surface area contributed by atoms with Crippen molar-refractivity contribution in [3.05, 3.63) is 23.2 Å². The number of hydrogen-bond acceptors (Lipinski definition) is 3. The van der Waals surface area contributed by atoms with Gasteiger partial charge in [0, 0.05) is 7.05 Å². The van der Waals surface area contributed by atoms with Crippen molar-refractivity contribution in [2.24, 2.45) is 5.73 Å². The first-order valence-corrected chi connectivity index (χ1v) is 5.55. The minimum absolute atomic E-state index is 0.0476. The van der Waals surface area contributed by atoms with Gasteiger partial charge in [-0.1, -0.05) is 17.7 Å². The quantitative estimate of drug-likeness (QED) is 0.821.